The summed E-state index contributed by atoms with van der Waals surface area (Å²) in [5.41, 5.74) is 2.97. The first kappa shape index (κ1) is 13.9. The van der Waals surface area contributed by atoms with Gasteiger partial charge in [-0.2, -0.15) is 13.2 Å². The third-order valence-corrected chi connectivity index (χ3v) is 2.19. The Labute approximate surface area is 93.9 Å². The smallest absolute Gasteiger partial charge is 0.387 e. The van der Waals surface area contributed by atoms with Crippen LogP contribution in [-0.2, 0) is 6.18 Å². The third kappa shape index (κ3) is 2.92. The van der Waals surface area contributed by atoms with E-state index in [0.29, 0.717) is 12.1 Å². The zero-order valence-corrected chi connectivity index (χ0v) is 8.72. The summed E-state index contributed by atoms with van der Waals surface area (Å²) in [7, 11) is 0. The first-order valence-corrected chi connectivity index (χ1v) is 4.64. The molecule has 0 saturated heterocycles. The largest absolute Gasteiger partial charge is 0.422 e. The molecule has 0 heterocycles. The molecule has 96 valence electrons. The van der Waals surface area contributed by atoms with Crippen molar-refractivity contribution in [1.82, 2.24) is 0 Å². The summed E-state index contributed by atoms with van der Waals surface area (Å²) in [4.78, 5) is 0. The Kier molecular flexibility index (Phi) is 3.73. The molecule has 0 unspecified atom stereocenters. The molecule has 1 aromatic carbocycles. The average molecular weight is 255 g/mol. The number of alkyl halides is 3. The van der Waals surface area contributed by atoms with E-state index in [0.717, 1.165) is 0 Å². The number of benzene rings is 1. The summed E-state index contributed by atoms with van der Waals surface area (Å²) in [6, 6.07) is 0.00499. The van der Waals surface area contributed by atoms with Crippen LogP contribution in [0.1, 0.15) is 24.2 Å². The number of hydrogen-bond acceptors (Lipinski definition) is 2. The summed E-state index contributed by atoms with van der Waals surface area (Å²) < 4.78 is 62.9. The predicted octanol–water partition coefficient (Wildman–Crippen LogP) is 2.36. The van der Waals surface area contributed by atoms with Crippen LogP contribution in [0.2, 0.25) is 0 Å². The summed E-state index contributed by atoms with van der Waals surface area (Å²) in [5, 5.41) is 9.40. The molecule has 0 aliphatic rings. The van der Waals surface area contributed by atoms with Gasteiger partial charge in [0.2, 0.25) is 0 Å². The van der Waals surface area contributed by atoms with Gasteiger partial charge in [-0.25, -0.2) is 8.78 Å². The number of halogens is 5. The molecule has 0 aromatic heterocycles. The van der Waals surface area contributed by atoms with E-state index in [9.17, 15) is 27.1 Å². The van der Waals surface area contributed by atoms with E-state index in [1.165, 1.54) is 6.92 Å². The van der Waals surface area contributed by atoms with Crippen molar-refractivity contribution in [3.63, 3.8) is 0 Å². The Morgan fingerprint density at radius 1 is 1.18 bits per heavy atom. The van der Waals surface area contributed by atoms with Crippen molar-refractivity contribution in [2.24, 2.45) is 5.73 Å². The molecular weight excluding hydrogens is 245 g/mol. The van der Waals surface area contributed by atoms with Gasteiger partial charge in [0.05, 0.1) is 6.10 Å². The number of aliphatic hydroxyl groups excluding tert-OH is 1. The van der Waals surface area contributed by atoms with Crippen molar-refractivity contribution in [1.29, 1.82) is 0 Å². The highest BCUT2D eigenvalue weighted by molar-refractivity contribution is 5.30. The van der Waals surface area contributed by atoms with Crippen LogP contribution in [-0.4, -0.2) is 11.1 Å². The van der Waals surface area contributed by atoms with Crippen molar-refractivity contribution >= 4 is 0 Å². The zero-order valence-electron chi connectivity index (χ0n) is 8.72. The molecule has 0 saturated carbocycles. The monoisotopic (exact) mass is 255 g/mol. The lowest BCUT2D eigenvalue weighted by Crippen LogP contribution is -2.25. The van der Waals surface area contributed by atoms with E-state index in [4.69, 9.17) is 5.73 Å². The minimum atomic E-state index is -5.12. The van der Waals surface area contributed by atoms with Crippen molar-refractivity contribution in [2.45, 2.75) is 25.2 Å². The molecule has 0 aliphatic carbocycles. The van der Waals surface area contributed by atoms with Crippen molar-refractivity contribution < 1.29 is 27.1 Å². The Morgan fingerprint density at radius 2 is 1.59 bits per heavy atom. The van der Waals surface area contributed by atoms with Crippen molar-refractivity contribution in [2.75, 3.05) is 0 Å². The van der Waals surface area contributed by atoms with Gasteiger partial charge in [-0.15, -0.1) is 0 Å². The quantitative estimate of drug-likeness (QED) is 0.797. The lowest BCUT2D eigenvalue weighted by Gasteiger charge is -2.17. The van der Waals surface area contributed by atoms with Crippen LogP contribution >= 0.6 is 0 Å². The van der Waals surface area contributed by atoms with E-state index >= 15 is 0 Å². The van der Waals surface area contributed by atoms with Gasteiger partial charge in [0.15, 0.2) is 0 Å². The molecule has 17 heavy (non-hydrogen) atoms. The van der Waals surface area contributed by atoms with E-state index in [1.807, 2.05) is 0 Å². The van der Waals surface area contributed by atoms with Gasteiger partial charge < -0.3 is 10.8 Å². The van der Waals surface area contributed by atoms with Gasteiger partial charge >= 0.3 is 6.18 Å². The molecular formula is C10H10F5NO. The predicted molar refractivity (Wildman–Crippen MR) is 50.0 cm³/mol. The van der Waals surface area contributed by atoms with E-state index in [2.05, 4.69) is 0 Å². The normalized spacial score (nSPS) is 15.8. The molecule has 3 N–H and O–H groups in total. The summed E-state index contributed by atoms with van der Waals surface area (Å²) in [5.74, 6) is -3.54. The van der Waals surface area contributed by atoms with Crippen LogP contribution in [0.15, 0.2) is 12.1 Å². The SMILES string of the molecule is C[C@H](N)[C@H](O)c1cc(F)c(C(F)(F)F)c(F)c1. The Balaban J connectivity index is 3.28. The number of nitrogens with two attached hydrogens (primary N) is 1. The molecule has 1 rings (SSSR count). The Bertz CT molecular complexity index is 393. The maximum absolute atomic E-state index is 13.1. The van der Waals surface area contributed by atoms with E-state index < -0.39 is 35.5 Å². The first-order chi connectivity index (χ1) is 7.64. The molecule has 1 aromatic rings. The average Bonchev–Trinajstić information content (AvgIpc) is 2.12. The Morgan fingerprint density at radius 3 is 1.88 bits per heavy atom. The van der Waals surface area contributed by atoms with Crippen LogP contribution in [0.4, 0.5) is 22.0 Å². The number of hydrogen-bond donors (Lipinski definition) is 2. The lowest BCUT2D eigenvalue weighted by molar-refractivity contribution is -0.142. The van der Waals surface area contributed by atoms with E-state index in [1.54, 1.807) is 0 Å². The first-order valence-electron chi connectivity index (χ1n) is 4.64. The fourth-order valence-electron chi connectivity index (χ4n) is 1.34. The maximum Gasteiger partial charge on any atom is 0.422 e. The number of aliphatic hydroxyl groups is 1. The van der Waals surface area contributed by atoms with Gasteiger partial charge in [-0.05, 0) is 24.6 Å². The third-order valence-electron chi connectivity index (χ3n) is 2.19. The summed E-state index contributed by atoms with van der Waals surface area (Å²) in [6.07, 6.45) is -6.55. The second-order valence-electron chi connectivity index (χ2n) is 3.66. The van der Waals surface area contributed by atoms with Gasteiger partial charge in [0, 0.05) is 6.04 Å². The highest BCUT2D eigenvalue weighted by Gasteiger charge is 2.38. The lowest BCUT2D eigenvalue weighted by atomic mass is 10.0. The Hall–Kier alpha value is -1.21. The summed E-state index contributed by atoms with van der Waals surface area (Å²) >= 11 is 0. The molecule has 0 spiro atoms. The number of rotatable bonds is 2. The minimum Gasteiger partial charge on any atom is -0.387 e. The van der Waals surface area contributed by atoms with Crippen LogP contribution in [0, 0.1) is 11.6 Å². The molecule has 0 aliphatic heterocycles. The molecule has 0 radical (unpaired) electrons. The van der Waals surface area contributed by atoms with E-state index in [-0.39, 0.29) is 5.56 Å². The molecule has 7 heteroatoms. The molecule has 2 nitrogen and oxygen atoms in total. The van der Waals surface area contributed by atoms with Gasteiger partial charge in [-0.1, -0.05) is 0 Å². The zero-order chi connectivity index (χ0) is 13.4. The van der Waals surface area contributed by atoms with Crippen LogP contribution in [0.3, 0.4) is 0 Å². The van der Waals surface area contributed by atoms with Crippen molar-refractivity contribution in [3.05, 3.63) is 34.9 Å². The van der Waals surface area contributed by atoms with Crippen molar-refractivity contribution in [3.8, 4) is 0 Å². The molecule has 2 atom stereocenters. The molecule has 0 fully saturated rings. The van der Waals surface area contributed by atoms with Crippen LogP contribution < -0.4 is 5.73 Å². The van der Waals surface area contributed by atoms with Gasteiger partial charge in [0.25, 0.3) is 0 Å². The van der Waals surface area contributed by atoms with Gasteiger partial charge in [0.1, 0.15) is 17.2 Å². The second kappa shape index (κ2) is 4.58. The van der Waals surface area contributed by atoms with Gasteiger partial charge in [-0.3, -0.25) is 0 Å². The summed E-state index contributed by atoms with van der Waals surface area (Å²) in [6.45, 7) is 1.36. The second-order valence-corrected chi connectivity index (χ2v) is 3.66. The van der Waals surface area contributed by atoms with Crippen LogP contribution in [0.25, 0.3) is 0 Å². The minimum absolute atomic E-state index is 0.331. The standard InChI is InChI=1S/C10H10F5NO/c1-4(16)9(17)5-2-6(11)8(7(12)3-5)10(13,14)15/h2-4,9,17H,16H2,1H3/t4-,9-/m0/s1. The maximum atomic E-state index is 13.1. The topological polar surface area (TPSA) is 46.2 Å². The highest BCUT2D eigenvalue weighted by Crippen LogP contribution is 2.35. The fraction of sp³-hybridized carbons (Fsp3) is 0.400. The molecule has 0 amide bonds. The molecule has 0 bridgehead atoms. The van der Waals surface area contributed by atoms with Crippen LogP contribution in [0.5, 0.6) is 0 Å². The fourth-order valence-corrected chi connectivity index (χ4v) is 1.34. The highest BCUT2D eigenvalue weighted by atomic mass is 19.4.